The maximum absolute atomic E-state index is 10.0. The summed E-state index contributed by atoms with van der Waals surface area (Å²) in [4.78, 5) is 20.0. The van der Waals surface area contributed by atoms with Crippen molar-refractivity contribution >= 4 is 26.7 Å². The molecule has 0 aromatic heterocycles. The van der Waals surface area contributed by atoms with E-state index in [0.29, 0.717) is 12.7 Å². The summed E-state index contributed by atoms with van der Waals surface area (Å²) in [5.41, 5.74) is 0. The molecule has 0 saturated heterocycles. The van der Waals surface area contributed by atoms with Gasteiger partial charge in [0.15, 0.2) is 0 Å². The van der Waals surface area contributed by atoms with Crippen molar-refractivity contribution in [1.82, 2.24) is 0 Å². The minimum atomic E-state index is -3.50. The van der Waals surface area contributed by atoms with Crippen LogP contribution in [0.5, 0.6) is 0 Å². The van der Waals surface area contributed by atoms with Crippen molar-refractivity contribution in [3.8, 4) is 0 Å². The molecule has 0 bridgehead atoms. The van der Waals surface area contributed by atoms with Gasteiger partial charge >= 0.3 is 8.80 Å². The van der Waals surface area contributed by atoms with Crippen LogP contribution >= 0.6 is 7.26 Å². The van der Waals surface area contributed by atoms with Gasteiger partial charge in [-0.05, 0) is 44.5 Å². The zero-order valence-corrected chi connectivity index (χ0v) is 16.5. The van der Waals surface area contributed by atoms with Crippen LogP contribution in [0.2, 0.25) is 6.04 Å². The van der Waals surface area contributed by atoms with E-state index in [1.165, 1.54) is 10.6 Å². The predicted octanol–water partition coefficient (Wildman–Crippen LogP) is 3.03. The number of hydrogen-bond acceptors (Lipinski definition) is 3. The highest BCUT2D eigenvalue weighted by molar-refractivity contribution is 7.89. The van der Waals surface area contributed by atoms with Crippen LogP contribution in [0.1, 0.15) is 20.3 Å². The van der Waals surface area contributed by atoms with Crippen molar-refractivity contribution in [2.45, 2.75) is 26.3 Å². The molecule has 0 unspecified atom stereocenters. The SMILES string of the molecule is CCO[Si](O)(O)CCC[P+](CC)(c1ccccc1)c1ccccc1. The van der Waals surface area contributed by atoms with Gasteiger partial charge in [0.25, 0.3) is 0 Å². The second-order valence-corrected chi connectivity index (χ2v) is 12.3. The molecule has 0 aliphatic heterocycles. The molecular formula is C19H28O3PSi+. The van der Waals surface area contributed by atoms with Crippen LogP contribution in [0.4, 0.5) is 0 Å². The lowest BCUT2D eigenvalue weighted by Crippen LogP contribution is -2.39. The molecule has 0 heterocycles. The van der Waals surface area contributed by atoms with Crippen molar-refractivity contribution in [2.24, 2.45) is 0 Å². The molecule has 0 aliphatic carbocycles. The molecule has 0 atom stereocenters. The summed E-state index contributed by atoms with van der Waals surface area (Å²) in [6.07, 6.45) is 2.81. The molecule has 3 nitrogen and oxygen atoms in total. The van der Waals surface area contributed by atoms with Gasteiger partial charge in [-0.15, -0.1) is 0 Å². The van der Waals surface area contributed by atoms with Crippen LogP contribution in [0, 0.1) is 0 Å². The van der Waals surface area contributed by atoms with Crippen LogP contribution in [0.25, 0.3) is 0 Å². The molecule has 0 fully saturated rings. The Morgan fingerprint density at radius 1 is 0.875 bits per heavy atom. The summed E-state index contributed by atoms with van der Waals surface area (Å²) < 4.78 is 5.15. The van der Waals surface area contributed by atoms with E-state index in [1.54, 1.807) is 6.92 Å². The smallest absolute Gasteiger partial charge is 0.390 e. The second kappa shape index (κ2) is 8.89. The maximum Gasteiger partial charge on any atom is 0.495 e. The third-order valence-corrected chi connectivity index (χ3v) is 10.9. The van der Waals surface area contributed by atoms with Gasteiger partial charge in [0.05, 0.1) is 30.2 Å². The van der Waals surface area contributed by atoms with Gasteiger partial charge in [-0.2, -0.15) is 0 Å². The first kappa shape index (κ1) is 19.3. The average molecular weight is 363 g/mol. The summed E-state index contributed by atoms with van der Waals surface area (Å²) >= 11 is 0. The fraction of sp³-hybridized carbons (Fsp3) is 0.368. The molecule has 0 amide bonds. The highest BCUT2D eigenvalue weighted by Gasteiger charge is 2.42. The lowest BCUT2D eigenvalue weighted by atomic mass is 10.4. The lowest BCUT2D eigenvalue weighted by Gasteiger charge is -2.27. The molecule has 2 rings (SSSR count). The fourth-order valence-corrected chi connectivity index (χ4v) is 8.83. The van der Waals surface area contributed by atoms with E-state index in [1.807, 2.05) is 12.1 Å². The number of rotatable bonds is 9. The summed E-state index contributed by atoms with van der Waals surface area (Å²) in [6, 6.07) is 21.7. The van der Waals surface area contributed by atoms with Gasteiger partial charge in [0.2, 0.25) is 0 Å². The molecule has 2 aromatic rings. The quantitative estimate of drug-likeness (QED) is 0.532. The van der Waals surface area contributed by atoms with Crippen molar-refractivity contribution in [3.63, 3.8) is 0 Å². The monoisotopic (exact) mass is 363 g/mol. The topological polar surface area (TPSA) is 49.7 Å². The van der Waals surface area contributed by atoms with E-state index in [4.69, 9.17) is 4.43 Å². The first-order chi connectivity index (χ1) is 11.5. The normalized spacial score (nSPS) is 12.3. The molecule has 0 saturated carbocycles. The molecule has 5 heteroatoms. The van der Waals surface area contributed by atoms with Gasteiger partial charge in [-0.25, -0.2) is 0 Å². The largest absolute Gasteiger partial charge is 0.495 e. The molecule has 0 aliphatic rings. The minimum absolute atomic E-state index is 0.352. The van der Waals surface area contributed by atoms with Crippen molar-refractivity contribution < 1.29 is 14.0 Å². The Morgan fingerprint density at radius 3 is 1.79 bits per heavy atom. The van der Waals surface area contributed by atoms with Gasteiger partial charge < -0.3 is 14.0 Å². The first-order valence-electron chi connectivity index (χ1n) is 8.61. The predicted molar refractivity (Wildman–Crippen MR) is 106 cm³/mol. The zero-order valence-electron chi connectivity index (χ0n) is 14.6. The molecular weight excluding hydrogens is 335 g/mol. The van der Waals surface area contributed by atoms with E-state index >= 15 is 0 Å². The Kier molecular flexibility index (Phi) is 7.14. The Hall–Kier alpha value is -1.03. The standard InChI is InChI=1S/C19H28O3PSi/c1-3-22-24(20,21)17-11-16-23(4-2,18-12-7-5-8-13-18)19-14-9-6-10-15-19/h5-10,12-15,20-21H,3-4,11,16-17H2,1-2H3/q+1. The van der Waals surface area contributed by atoms with Gasteiger partial charge in [-0.1, -0.05) is 36.4 Å². The zero-order chi connectivity index (χ0) is 17.5. The Bertz CT molecular complexity index is 565. The lowest BCUT2D eigenvalue weighted by molar-refractivity contribution is 0.155. The fourth-order valence-electron chi connectivity index (χ4n) is 3.24. The van der Waals surface area contributed by atoms with Crippen LogP contribution in [-0.2, 0) is 4.43 Å². The highest BCUT2D eigenvalue weighted by Crippen LogP contribution is 2.56. The summed E-state index contributed by atoms with van der Waals surface area (Å²) in [5.74, 6) is 0. The molecule has 24 heavy (non-hydrogen) atoms. The molecule has 0 radical (unpaired) electrons. The summed E-state index contributed by atoms with van der Waals surface area (Å²) in [6.45, 7) is 4.40. The summed E-state index contributed by atoms with van der Waals surface area (Å²) in [7, 11) is -5.04. The Morgan fingerprint density at radius 2 is 1.38 bits per heavy atom. The van der Waals surface area contributed by atoms with Crippen LogP contribution in [0.3, 0.4) is 0 Å². The van der Waals surface area contributed by atoms with Crippen LogP contribution in [-0.4, -0.2) is 37.3 Å². The molecule has 0 spiro atoms. The van der Waals surface area contributed by atoms with Crippen molar-refractivity contribution in [3.05, 3.63) is 60.7 Å². The van der Waals surface area contributed by atoms with Crippen LogP contribution in [0.15, 0.2) is 60.7 Å². The first-order valence-corrected chi connectivity index (χ1v) is 12.8. The van der Waals surface area contributed by atoms with E-state index in [0.717, 1.165) is 18.7 Å². The van der Waals surface area contributed by atoms with Crippen molar-refractivity contribution in [1.29, 1.82) is 0 Å². The second-order valence-electron chi connectivity index (χ2n) is 5.96. The van der Waals surface area contributed by atoms with E-state index in [9.17, 15) is 9.59 Å². The average Bonchev–Trinajstić information content (AvgIpc) is 2.60. The third kappa shape index (κ3) is 4.75. The Labute approximate surface area is 147 Å². The Balaban J connectivity index is 2.27. The van der Waals surface area contributed by atoms with Gasteiger partial charge in [0.1, 0.15) is 0 Å². The van der Waals surface area contributed by atoms with E-state index in [2.05, 4.69) is 55.5 Å². The number of benzene rings is 2. The number of hydrogen-bond donors (Lipinski definition) is 2. The maximum atomic E-state index is 10.0. The van der Waals surface area contributed by atoms with E-state index < -0.39 is 16.1 Å². The van der Waals surface area contributed by atoms with Gasteiger partial charge in [-0.3, -0.25) is 0 Å². The molecule has 130 valence electrons. The highest BCUT2D eigenvalue weighted by atomic mass is 31.2. The van der Waals surface area contributed by atoms with Crippen molar-refractivity contribution in [2.75, 3.05) is 18.9 Å². The molecule has 2 aromatic carbocycles. The summed E-state index contributed by atoms with van der Waals surface area (Å²) in [5, 5.41) is 2.77. The molecule has 2 N–H and O–H groups in total. The van der Waals surface area contributed by atoms with Gasteiger partial charge in [0, 0.05) is 12.7 Å². The third-order valence-electron chi connectivity index (χ3n) is 4.46. The van der Waals surface area contributed by atoms with Crippen LogP contribution < -0.4 is 10.6 Å². The van der Waals surface area contributed by atoms with E-state index in [-0.39, 0.29) is 0 Å². The minimum Gasteiger partial charge on any atom is -0.390 e.